The Morgan fingerprint density at radius 3 is 2.19 bits per heavy atom. The topological polar surface area (TPSA) is 88.4 Å². The molecule has 2 rings (SSSR count). The number of hydrogen-bond acceptors (Lipinski definition) is 5. The number of nitriles is 1. The predicted octanol–water partition coefficient (Wildman–Crippen LogP) is 4.20. The Hall–Kier alpha value is -2.75. The van der Waals surface area contributed by atoms with Gasteiger partial charge in [-0.05, 0) is 50.2 Å². The second-order valence-electron chi connectivity index (χ2n) is 5.56. The lowest BCUT2D eigenvalue weighted by Gasteiger charge is -2.18. The van der Waals surface area contributed by atoms with E-state index >= 15 is 0 Å². The fourth-order valence-corrected chi connectivity index (χ4v) is 2.52. The van der Waals surface area contributed by atoms with Crippen molar-refractivity contribution in [1.29, 1.82) is 5.26 Å². The van der Waals surface area contributed by atoms with Crippen LogP contribution in [-0.2, 0) is 14.3 Å². The van der Waals surface area contributed by atoms with Gasteiger partial charge in [0, 0.05) is 0 Å². The third-order valence-electron chi connectivity index (χ3n) is 3.50. The van der Waals surface area contributed by atoms with Crippen molar-refractivity contribution in [1.82, 2.24) is 0 Å². The van der Waals surface area contributed by atoms with Gasteiger partial charge in [-0.25, -0.2) is 4.79 Å². The lowest BCUT2D eigenvalue weighted by molar-refractivity contribution is -0.159. The monoisotopic (exact) mass is 406 g/mol. The van der Waals surface area contributed by atoms with E-state index in [4.69, 9.17) is 37.9 Å². The molecule has 0 aromatic heterocycles. The van der Waals surface area contributed by atoms with Gasteiger partial charge in [-0.2, -0.15) is 5.26 Å². The molecule has 0 radical (unpaired) electrons. The van der Waals surface area contributed by atoms with E-state index in [0.29, 0.717) is 11.3 Å². The van der Waals surface area contributed by atoms with Crippen LogP contribution < -0.4 is 10.1 Å². The molecule has 2 atom stereocenters. The Balaban J connectivity index is 1.93. The first-order valence-corrected chi connectivity index (χ1v) is 8.69. The molecule has 0 heterocycles. The van der Waals surface area contributed by atoms with Crippen molar-refractivity contribution >= 4 is 40.8 Å². The first-order valence-electron chi connectivity index (χ1n) is 7.94. The molecule has 0 bridgehead atoms. The van der Waals surface area contributed by atoms with E-state index in [1.807, 2.05) is 6.07 Å². The highest BCUT2D eigenvalue weighted by Gasteiger charge is 2.24. The SMILES string of the molecule is C[C@H](OC(=O)[C@@H](C)Oc1ccc(C#N)cc1)C(=O)Nc1c(Cl)cccc1Cl. The fraction of sp³-hybridized carbons (Fsp3) is 0.211. The van der Waals surface area contributed by atoms with Crippen LogP contribution in [0.5, 0.6) is 5.75 Å². The molecule has 0 aliphatic heterocycles. The second kappa shape index (κ2) is 9.26. The van der Waals surface area contributed by atoms with E-state index in [1.165, 1.54) is 13.8 Å². The smallest absolute Gasteiger partial charge is 0.347 e. The summed E-state index contributed by atoms with van der Waals surface area (Å²) in [4.78, 5) is 24.4. The Labute approximate surface area is 166 Å². The summed E-state index contributed by atoms with van der Waals surface area (Å²) in [6.07, 6.45) is -2.03. The maximum Gasteiger partial charge on any atom is 0.347 e. The average Bonchev–Trinajstić information content (AvgIpc) is 2.65. The minimum absolute atomic E-state index is 0.246. The van der Waals surface area contributed by atoms with Crippen LogP contribution >= 0.6 is 23.2 Å². The highest BCUT2D eigenvalue weighted by Crippen LogP contribution is 2.30. The summed E-state index contributed by atoms with van der Waals surface area (Å²) in [5.41, 5.74) is 0.719. The summed E-state index contributed by atoms with van der Waals surface area (Å²) in [6.45, 7) is 2.92. The van der Waals surface area contributed by atoms with Gasteiger partial charge < -0.3 is 14.8 Å². The van der Waals surface area contributed by atoms with Crippen LogP contribution in [0.1, 0.15) is 19.4 Å². The summed E-state index contributed by atoms with van der Waals surface area (Å²) < 4.78 is 10.6. The molecule has 8 heteroatoms. The summed E-state index contributed by atoms with van der Waals surface area (Å²) >= 11 is 12.0. The summed E-state index contributed by atoms with van der Waals surface area (Å²) in [5.74, 6) is -0.894. The number of esters is 1. The summed E-state index contributed by atoms with van der Waals surface area (Å²) in [7, 11) is 0. The van der Waals surface area contributed by atoms with E-state index in [0.717, 1.165) is 0 Å². The van der Waals surface area contributed by atoms with Crippen LogP contribution in [0.15, 0.2) is 42.5 Å². The predicted molar refractivity (Wildman–Crippen MR) is 102 cm³/mol. The van der Waals surface area contributed by atoms with Crippen molar-refractivity contribution in [3.8, 4) is 11.8 Å². The molecule has 6 nitrogen and oxygen atoms in total. The van der Waals surface area contributed by atoms with Gasteiger partial charge in [-0.1, -0.05) is 29.3 Å². The number of anilines is 1. The zero-order chi connectivity index (χ0) is 20.0. The van der Waals surface area contributed by atoms with Gasteiger partial charge in [0.25, 0.3) is 5.91 Å². The zero-order valence-electron chi connectivity index (χ0n) is 14.5. The Bertz CT molecular complexity index is 858. The largest absolute Gasteiger partial charge is 0.479 e. The summed E-state index contributed by atoms with van der Waals surface area (Å²) in [5, 5.41) is 11.8. The molecule has 27 heavy (non-hydrogen) atoms. The third-order valence-corrected chi connectivity index (χ3v) is 4.13. The second-order valence-corrected chi connectivity index (χ2v) is 6.38. The lowest BCUT2D eigenvalue weighted by atomic mass is 10.2. The van der Waals surface area contributed by atoms with Crippen molar-refractivity contribution in [3.05, 3.63) is 58.1 Å². The van der Waals surface area contributed by atoms with E-state index in [-0.39, 0.29) is 15.7 Å². The van der Waals surface area contributed by atoms with Gasteiger partial charge in [0.05, 0.1) is 27.4 Å². The minimum atomic E-state index is -1.09. The van der Waals surface area contributed by atoms with E-state index in [9.17, 15) is 9.59 Å². The maximum atomic E-state index is 12.2. The van der Waals surface area contributed by atoms with Crippen LogP contribution in [0.25, 0.3) is 0 Å². The van der Waals surface area contributed by atoms with Gasteiger partial charge in [0.15, 0.2) is 12.2 Å². The summed E-state index contributed by atoms with van der Waals surface area (Å²) in [6, 6.07) is 13.1. The first-order chi connectivity index (χ1) is 12.8. The normalized spacial score (nSPS) is 12.4. The van der Waals surface area contributed by atoms with Gasteiger partial charge in [-0.15, -0.1) is 0 Å². The number of ether oxygens (including phenoxy) is 2. The van der Waals surface area contributed by atoms with Crippen molar-refractivity contribution in [2.24, 2.45) is 0 Å². The molecule has 2 aromatic rings. The third kappa shape index (κ3) is 5.61. The first kappa shape index (κ1) is 20.6. The number of carbonyl (C=O) groups is 2. The van der Waals surface area contributed by atoms with Crippen LogP contribution in [-0.4, -0.2) is 24.1 Å². The van der Waals surface area contributed by atoms with Crippen LogP contribution in [0.2, 0.25) is 10.0 Å². The molecule has 0 spiro atoms. The molecule has 0 saturated heterocycles. The Kier molecular flexibility index (Phi) is 7.05. The van der Waals surface area contributed by atoms with Crippen LogP contribution in [0.4, 0.5) is 5.69 Å². The van der Waals surface area contributed by atoms with Crippen molar-refractivity contribution in [2.45, 2.75) is 26.1 Å². The molecular formula is C19H16Cl2N2O4. The van der Waals surface area contributed by atoms with Crippen molar-refractivity contribution in [2.75, 3.05) is 5.32 Å². The standard InChI is InChI=1S/C19H16Cl2N2O4/c1-11(18(24)23-17-15(20)4-3-5-16(17)21)27-19(25)12(2)26-14-8-6-13(10-22)7-9-14/h3-9,11-12H,1-2H3,(H,23,24)/t11-,12+/m0/s1. The number of carbonyl (C=O) groups excluding carboxylic acids is 2. The molecule has 0 unspecified atom stereocenters. The zero-order valence-corrected chi connectivity index (χ0v) is 16.0. The molecule has 0 aliphatic rings. The molecular weight excluding hydrogens is 391 g/mol. The number of benzene rings is 2. The number of rotatable bonds is 6. The Morgan fingerprint density at radius 1 is 1.04 bits per heavy atom. The molecule has 1 amide bonds. The minimum Gasteiger partial charge on any atom is -0.479 e. The van der Waals surface area contributed by atoms with Gasteiger partial charge in [0.2, 0.25) is 0 Å². The fourth-order valence-electron chi connectivity index (χ4n) is 2.03. The molecule has 0 fully saturated rings. The van der Waals surface area contributed by atoms with Crippen LogP contribution in [0.3, 0.4) is 0 Å². The van der Waals surface area contributed by atoms with E-state index in [2.05, 4.69) is 5.32 Å². The molecule has 140 valence electrons. The maximum absolute atomic E-state index is 12.2. The van der Waals surface area contributed by atoms with Gasteiger partial charge >= 0.3 is 5.97 Å². The number of nitrogens with one attached hydrogen (secondary N) is 1. The number of hydrogen-bond donors (Lipinski definition) is 1. The Morgan fingerprint density at radius 2 is 1.63 bits per heavy atom. The number of nitrogens with zero attached hydrogens (tertiary/aromatic N) is 1. The highest BCUT2D eigenvalue weighted by atomic mass is 35.5. The lowest BCUT2D eigenvalue weighted by Crippen LogP contribution is -2.35. The molecule has 0 saturated carbocycles. The average molecular weight is 407 g/mol. The van der Waals surface area contributed by atoms with Crippen LogP contribution in [0, 0.1) is 11.3 Å². The number of para-hydroxylation sites is 1. The quantitative estimate of drug-likeness (QED) is 0.725. The number of halogens is 2. The highest BCUT2D eigenvalue weighted by molar-refractivity contribution is 6.39. The van der Waals surface area contributed by atoms with Crippen molar-refractivity contribution in [3.63, 3.8) is 0 Å². The van der Waals surface area contributed by atoms with Gasteiger partial charge in [-0.3, -0.25) is 4.79 Å². The van der Waals surface area contributed by atoms with Gasteiger partial charge in [0.1, 0.15) is 5.75 Å². The van der Waals surface area contributed by atoms with E-state index < -0.39 is 24.1 Å². The molecule has 2 aromatic carbocycles. The van der Waals surface area contributed by atoms with E-state index in [1.54, 1.807) is 42.5 Å². The molecule has 1 N–H and O–H groups in total. The molecule has 0 aliphatic carbocycles. The van der Waals surface area contributed by atoms with Crippen molar-refractivity contribution < 1.29 is 19.1 Å². The number of amides is 1.